The number of carbonyl (C=O) groups is 2. The van der Waals surface area contributed by atoms with E-state index in [0.717, 1.165) is 10.8 Å². The van der Waals surface area contributed by atoms with Gasteiger partial charge in [0.25, 0.3) is 0 Å². The summed E-state index contributed by atoms with van der Waals surface area (Å²) < 4.78 is 5.14. The molecule has 0 spiro atoms. The lowest BCUT2D eigenvalue weighted by atomic mass is 9.92. The first-order chi connectivity index (χ1) is 11.0. The van der Waals surface area contributed by atoms with E-state index in [0.29, 0.717) is 12.1 Å². The highest BCUT2D eigenvalue weighted by Crippen LogP contribution is 2.53. The van der Waals surface area contributed by atoms with Crippen molar-refractivity contribution in [3.63, 3.8) is 0 Å². The van der Waals surface area contributed by atoms with Gasteiger partial charge in [-0.3, -0.25) is 9.69 Å². The van der Waals surface area contributed by atoms with Gasteiger partial charge in [-0.1, -0.05) is 12.7 Å². The van der Waals surface area contributed by atoms with Crippen LogP contribution in [0.2, 0.25) is 0 Å². The van der Waals surface area contributed by atoms with Gasteiger partial charge in [0.1, 0.15) is 17.7 Å². The highest BCUT2D eigenvalue weighted by Gasteiger charge is 2.57. The third-order valence-corrected chi connectivity index (χ3v) is 5.36. The Hall–Kier alpha value is -1.27. The summed E-state index contributed by atoms with van der Waals surface area (Å²) in [6, 6.07) is 0. The number of nitrogens with zero attached hydrogens (tertiary/aromatic N) is 1. The summed E-state index contributed by atoms with van der Waals surface area (Å²) in [4.78, 5) is 26.9. The van der Waals surface area contributed by atoms with Crippen LogP contribution in [0.15, 0.2) is 23.3 Å². The van der Waals surface area contributed by atoms with Gasteiger partial charge >= 0.3 is 5.97 Å². The van der Waals surface area contributed by atoms with Gasteiger partial charge in [0, 0.05) is 4.91 Å². The Labute approximate surface area is 140 Å². The van der Waals surface area contributed by atoms with Crippen molar-refractivity contribution in [2.24, 2.45) is 5.92 Å². The summed E-state index contributed by atoms with van der Waals surface area (Å²) in [5.74, 6) is -0.135. The molecule has 2 fully saturated rings. The third kappa shape index (κ3) is 2.94. The van der Waals surface area contributed by atoms with E-state index >= 15 is 0 Å². The lowest BCUT2D eigenvalue weighted by Gasteiger charge is -2.43. The molecule has 1 saturated heterocycles. The van der Waals surface area contributed by atoms with Crippen molar-refractivity contribution in [3.8, 4) is 0 Å². The summed E-state index contributed by atoms with van der Waals surface area (Å²) in [5.41, 5.74) is 0.310. The fourth-order valence-corrected chi connectivity index (χ4v) is 4.53. The van der Waals surface area contributed by atoms with E-state index in [1.165, 1.54) is 22.7 Å². The first kappa shape index (κ1) is 16.6. The van der Waals surface area contributed by atoms with E-state index in [1.807, 2.05) is 25.7 Å². The number of hydrogen-bond donors (Lipinski definition) is 1. The molecule has 0 aromatic heterocycles. The molecule has 0 aromatic rings. The third-order valence-electron chi connectivity index (χ3n) is 3.99. The van der Waals surface area contributed by atoms with Gasteiger partial charge in [-0.25, -0.2) is 4.79 Å². The molecule has 121 valence electrons. The van der Waals surface area contributed by atoms with Crippen molar-refractivity contribution in [3.05, 3.63) is 54.9 Å². The minimum Gasteiger partial charge on any atom is -0.457 e. The fourth-order valence-electron chi connectivity index (χ4n) is 2.89. The molecule has 23 heavy (non-hydrogen) atoms. The minimum atomic E-state index is -0.736. The number of rotatable bonds is 6. The molecule has 2 aliphatic heterocycles. The highest BCUT2D eigenvalue weighted by molar-refractivity contribution is 8.04. The number of ether oxygens (including phenoxy) is 1. The van der Waals surface area contributed by atoms with E-state index in [-0.39, 0.29) is 17.9 Å². The Balaban J connectivity index is 1.81. The lowest BCUT2D eigenvalue weighted by Crippen LogP contribution is -2.60. The zero-order valence-electron chi connectivity index (χ0n) is 12.8. The second-order valence-electron chi connectivity index (χ2n) is 5.61. The smallest absolute Gasteiger partial charge is 0.356 e. The molecule has 3 atom stereocenters. The highest BCUT2D eigenvalue weighted by atomic mass is 32.2. The molecule has 6 heteroatoms. The lowest BCUT2D eigenvalue weighted by molar-refractivity contribution is -0.157. The Bertz CT molecular complexity index is 551. The predicted octanol–water partition coefficient (Wildman–Crippen LogP) is 1.63. The zero-order valence-corrected chi connectivity index (χ0v) is 13.6. The van der Waals surface area contributed by atoms with Crippen LogP contribution < -0.4 is 0 Å². The average molecular weight is 332 g/mol. The van der Waals surface area contributed by atoms with Crippen molar-refractivity contribution in [1.82, 2.24) is 4.90 Å². The van der Waals surface area contributed by atoms with Crippen LogP contribution in [-0.2, 0) is 14.3 Å². The SMILES string of the molecule is C=CCOC(=O)C1=C(C[C]2[CH][CH][CH][CH]2)S[C@@H]2[C@@H]([C@@H](C)O)C(=O)N12. The molecular formula is C17H18NO4S. The number of aliphatic hydroxyl groups is 1. The number of allylic oxidation sites excluding steroid dienone is 1. The molecule has 1 N–H and O–H groups in total. The summed E-state index contributed by atoms with van der Waals surface area (Å²) in [5, 5.41) is 9.57. The molecule has 5 nitrogen and oxygen atoms in total. The van der Waals surface area contributed by atoms with Crippen LogP contribution >= 0.6 is 11.8 Å². The maximum absolute atomic E-state index is 12.4. The predicted molar refractivity (Wildman–Crippen MR) is 86.6 cm³/mol. The van der Waals surface area contributed by atoms with Crippen molar-refractivity contribution in [2.75, 3.05) is 6.61 Å². The summed E-state index contributed by atoms with van der Waals surface area (Å²) in [6.45, 7) is 5.23. The van der Waals surface area contributed by atoms with Gasteiger partial charge in [0.15, 0.2) is 0 Å². The number of carbonyl (C=O) groups excluding carboxylic acids is 2. The van der Waals surface area contributed by atoms with Crippen molar-refractivity contribution < 1.29 is 19.4 Å². The van der Waals surface area contributed by atoms with Crippen LogP contribution in [0.1, 0.15) is 13.3 Å². The maximum Gasteiger partial charge on any atom is 0.356 e. The quantitative estimate of drug-likeness (QED) is 0.455. The molecule has 1 saturated carbocycles. The molecule has 1 amide bonds. The molecule has 0 unspecified atom stereocenters. The fraction of sp³-hybridized carbons (Fsp3) is 0.353. The molecule has 1 aliphatic carbocycles. The van der Waals surface area contributed by atoms with Crippen LogP contribution in [-0.4, -0.2) is 40.0 Å². The van der Waals surface area contributed by atoms with Gasteiger partial charge in [-0.05, 0) is 44.9 Å². The van der Waals surface area contributed by atoms with Crippen molar-refractivity contribution in [1.29, 1.82) is 0 Å². The van der Waals surface area contributed by atoms with E-state index in [9.17, 15) is 14.7 Å². The first-order valence-corrected chi connectivity index (χ1v) is 8.32. The Morgan fingerprint density at radius 1 is 1.52 bits per heavy atom. The van der Waals surface area contributed by atoms with Crippen LogP contribution in [0.5, 0.6) is 0 Å². The summed E-state index contributed by atoms with van der Waals surface area (Å²) >= 11 is 1.47. The average Bonchev–Trinajstić information content (AvgIpc) is 3.11. The van der Waals surface area contributed by atoms with Crippen LogP contribution in [0.3, 0.4) is 0 Å². The number of esters is 1. The van der Waals surface area contributed by atoms with Gasteiger partial charge in [0.05, 0.1) is 12.0 Å². The standard InChI is InChI=1S/C17H18NO4S/c1-3-8-22-17(21)14-12(9-11-6-4-5-7-11)23-16-13(10(2)19)15(20)18(14)16/h3-7,10,13,16,19H,1,8-9H2,2H3/t10-,13+,16-/m1/s1. The van der Waals surface area contributed by atoms with Gasteiger partial charge < -0.3 is 9.84 Å². The topological polar surface area (TPSA) is 66.8 Å². The van der Waals surface area contributed by atoms with Crippen LogP contribution in [0.25, 0.3) is 0 Å². The van der Waals surface area contributed by atoms with Crippen molar-refractivity contribution in [2.45, 2.75) is 24.8 Å². The van der Waals surface area contributed by atoms with E-state index < -0.39 is 18.0 Å². The summed E-state index contributed by atoms with van der Waals surface area (Å²) in [6.07, 6.45) is 9.15. The van der Waals surface area contributed by atoms with E-state index in [4.69, 9.17) is 4.74 Å². The van der Waals surface area contributed by atoms with Gasteiger partial charge in [-0.15, -0.1) is 11.8 Å². The molecule has 3 aliphatic rings. The summed E-state index contributed by atoms with van der Waals surface area (Å²) in [7, 11) is 0. The number of thioether (sulfide) groups is 1. The second kappa shape index (κ2) is 6.69. The molecule has 5 radical (unpaired) electrons. The maximum atomic E-state index is 12.4. The molecular weight excluding hydrogens is 314 g/mol. The number of hydrogen-bond acceptors (Lipinski definition) is 5. The molecule has 2 heterocycles. The number of fused-ring (bicyclic) bond motifs is 1. The van der Waals surface area contributed by atoms with Gasteiger partial charge in [-0.2, -0.15) is 0 Å². The molecule has 0 aromatic carbocycles. The first-order valence-electron chi connectivity index (χ1n) is 7.44. The second-order valence-corrected chi connectivity index (χ2v) is 6.82. The Morgan fingerprint density at radius 3 is 2.83 bits per heavy atom. The Morgan fingerprint density at radius 2 is 2.22 bits per heavy atom. The van der Waals surface area contributed by atoms with E-state index in [1.54, 1.807) is 6.92 Å². The minimum absolute atomic E-state index is 0.100. The number of β-lactam (4-membered cyclic amide) rings is 1. The largest absolute Gasteiger partial charge is 0.457 e. The zero-order chi connectivity index (χ0) is 16.6. The van der Waals surface area contributed by atoms with Crippen molar-refractivity contribution >= 4 is 23.6 Å². The van der Waals surface area contributed by atoms with Crippen LogP contribution in [0, 0.1) is 37.5 Å². The molecule has 0 bridgehead atoms. The van der Waals surface area contributed by atoms with Crippen LogP contribution in [0.4, 0.5) is 0 Å². The van der Waals surface area contributed by atoms with Gasteiger partial charge in [0.2, 0.25) is 5.91 Å². The number of amides is 1. The van der Waals surface area contributed by atoms with E-state index in [2.05, 4.69) is 6.58 Å². The Kier molecular flexibility index (Phi) is 4.82. The monoisotopic (exact) mass is 332 g/mol. The normalized spacial score (nSPS) is 28.6. The molecule has 3 rings (SSSR count). The number of aliphatic hydroxyl groups excluding tert-OH is 1.